The molecule has 0 unspecified atom stereocenters. The minimum Gasteiger partial charge on any atom is -0.337 e. The third-order valence-corrected chi connectivity index (χ3v) is 5.55. The maximum atomic E-state index is 12.5. The minimum atomic E-state index is 0.0748. The van der Waals surface area contributed by atoms with Gasteiger partial charge < -0.3 is 4.90 Å². The van der Waals surface area contributed by atoms with Crippen LogP contribution >= 0.6 is 11.3 Å². The van der Waals surface area contributed by atoms with Gasteiger partial charge in [-0.3, -0.25) is 13.9 Å². The molecule has 1 fully saturated rings. The van der Waals surface area contributed by atoms with Crippen molar-refractivity contribution in [3.05, 3.63) is 41.1 Å². The summed E-state index contributed by atoms with van der Waals surface area (Å²) in [4.78, 5) is 20.5. The lowest BCUT2D eigenvalue weighted by atomic mass is 9.94. The van der Waals surface area contributed by atoms with Crippen molar-refractivity contribution in [2.75, 3.05) is 13.1 Å². The first-order valence-corrected chi connectivity index (χ1v) is 8.72. The number of amides is 1. The summed E-state index contributed by atoms with van der Waals surface area (Å²) in [6, 6.07) is 1.78. The summed E-state index contributed by atoms with van der Waals surface area (Å²) in [6.45, 7) is 3.60. The molecule has 1 aliphatic rings. The number of carbonyl (C=O) groups is 1. The van der Waals surface area contributed by atoms with E-state index in [1.807, 2.05) is 11.8 Å². The summed E-state index contributed by atoms with van der Waals surface area (Å²) in [5.74, 6) is 1.56. The van der Waals surface area contributed by atoms with Crippen LogP contribution in [-0.4, -0.2) is 43.1 Å². The Morgan fingerprint density at radius 1 is 1.35 bits per heavy atom. The number of piperidine rings is 1. The Balaban J connectivity index is 1.50. The maximum absolute atomic E-state index is 12.5. The molecule has 3 aromatic heterocycles. The summed E-state index contributed by atoms with van der Waals surface area (Å²) in [5, 5.41) is 6.19. The quantitative estimate of drug-likeness (QED) is 0.726. The molecule has 1 amide bonds. The number of hydrogen-bond donors (Lipinski definition) is 0. The molecule has 0 N–H and O–H groups in total. The SMILES string of the molecule is Cc1nc(C2CCN(C(=O)c3ccnn3C)CC2)c2sccn12. The molecule has 0 spiro atoms. The second-order valence-electron chi connectivity index (χ2n) is 6.03. The molecule has 4 rings (SSSR count). The zero-order valence-corrected chi connectivity index (χ0v) is 14.1. The fraction of sp³-hybridized carbons (Fsp3) is 0.438. The summed E-state index contributed by atoms with van der Waals surface area (Å²) in [5.41, 5.74) is 1.85. The number of nitrogens with zero attached hydrogens (tertiary/aromatic N) is 5. The Labute approximate surface area is 138 Å². The number of thiazole rings is 1. The first-order valence-electron chi connectivity index (χ1n) is 7.84. The molecule has 6 nitrogen and oxygen atoms in total. The van der Waals surface area contributed by atoms with Gasteiger partial charge in [0.2, 0.25) is 0 Å². The van der Waals surface area contributed by atoms with E-state index >= 15 is 0 Å². The van der Waals surface area contributed by atoms with Crippen LogP contribution in [0.4, 0.5) is 0 Å². The number of rotatable bonds is 2. The minimum absolute atomic E-state index is 0.0748. The van der Waals surface area contributed by atoms with E-state index < -0.39 is 0 Å². The third-order valence-electron chi connectivity index (χ3n) is 4.67. The molecule has 23 heavy (non-hydrogen) atoms. The molecule has 1 aliphatic heterocycles. The van der Waals surface area contributed by atoms with Crippen LogP contribution in [0.5, 0.6) is 0 Å². The lowest BCUT2D eigenvalue weighted by Crippen LogP contribution is -2.38. The molecule has 0 saturated carbocycles. The van der Waals surface area contributed by atoms with Gasteiger partial charge in [-0.25, -0.2) is 4.98 Å². The maximum Gasteiger partial charge on any atom is 0.272 e. The van der Waals surface area contributed by atoms with Crippen LogP contribution in [0.1, 0.15) is 40.8 Å². The standard InChI is InChI=1S/C16H19N5OS/c1-11-18-14(16-21(11)9-10-23-16)12-4-7-20(8-5-12)15(22)13-3-6-17-19(13)2/h3,6,9-10,12H,4-5,7-8H2,1-2H3. The molecule has 3 aromatic rings. The van der Waals surface area contributed by atoms with E-state index in [0.29, 0.717) is 11.6 Å². The molecule has 0 aliphatic carbocycles. The average Bonchev–Trinajstić information content (AvgIpc) is 3.26. The molecule has 4 heterocycles. The molecule has 7 heteroatoms. The molecule has 1 saturated heterocycles. The van der Waals surface area contributed by atoms with E-state index in [2.05, 4.69) is 21.1 Å². The zero-order valence-electron chi connectivity index (χ0n) is 13.3. The first-order chi connectivity index (χ1) is 11.1. The third kappa shape index (κ3) is 2.35. The van der Waals surface area contributed by atoms with Gasteiger partial charge in [0.1, 0.15) is 16.3 Å². The lowest BCUT2D eigenvalue weighted by Gasteiger charge is -2.31. The molecule has 0 bridgehead atoms. The lowest BCUT2D eigenvalue weighted by molar-refractivity contribution is 0.0701. The summed E-state index contributed by atoms with van der Waals surface area (Å²) in [7, 11) is 1.81. The summed E-state index contributed by atoms with van der Waals surface area (Å²) in [6.07, 6.45) is 5.68. The van der Waals surface area contributed by atoms with Crippen LogP contribution in [0.15, 0.2) is 23.8 Å². The summed E-state index contributed by atoms with van der Waals surface area (Å²) < 4.78 is 3.80. The normalized spacial score (nSPS) is 16.3. The highest BCUT2D eigenvalue weighted by molar-refractivity contribution is 7.15. The van der Waals surface area contributed by atoms with Crippen molar-refractivity contribution >= 4 is 22.1 Å². The Morgan fingerprint density at radius 2 is 2.13 bits per heavy atom. The largest absolute Gasteiger partial charge is 0.337 e. The van der Waals surface area contributed by atoms with Crippen molar-refractivity contribution in [3.63, 3.8) is 0 Å². The fourth-order valence-corrected chi connectivity index (χ4v) is 4.31. The molecular formula is C16H19N5OS. The van der Waals surface area contributed by atoms with Crippen molar-refractivity contribution in [1.29, 1.82) is 0 Å². The number of aromatic nitrogens is 4. The zero-order chi connectivity index (χ0) is 16.0. The highest BCUT2D eigenvalue weighted by Gasteiger charge is 2.28. The number of imidazole rings is 1. The van der Waals surface area contributed by atoms with Gasteiger partial charge in [-0.1, -0.05) is 0 Å². The first kappa shape index (κ1) is 14.4. The topological polar surface area (TPSA) is 55.4 Å². The van der Waals surface area contributed by atoms with Crippen molar-refractivity contribution in [1.82, 2.24) is 24.1 Å². The molecular weight excluding hydrogens is 310 g/mol. The van der Waals surface area contributed by atoms with Gasteiger partial charge in [0.25, 0.3) is 5.91 Å². The Hall–Kier alpha value is -2.15. The molecule has 0 atom stereocenters. The van der Waals surface area contributed by atoms with Crippen LogP contribution in [0.3, 0.4) is 0 Å². The number of likely N-dealkylation sites (tertiary alicyclic amines) is 1. The predicted octanol–water partition coefficient (Wildman–Crippen LogP) is 2.46. The van der Waals surface area contributed by atoms with Crippen molar-refractivity contribution in [2.24, 2.45) is 7.05 Å². The van der Waals surface area contributed by atoms with E-state index in [0.717, 1.165) is 31.8 Å². The fourth-order valence-electron chi connectivity index (χ4n) is 3.36. The van der Waals surface area contributed by atoms with Gasteiger partial charge in [-0.2, -0.15) is 5.10 Å². The smallest absolute Gasteiger partial charge is 0.272 e. The molecule has 0 radical (unpaired) electrons. The van der Waals surface area contributed by atoms with Crippen LogP contribution in [-0.2, 0) is 7.05 Å². The van der Waals surface area contributed by atoms with E-state index in [4.69, 9.17) is 4.98 Å². The number of aryl methyl sites for hydroxylation is 2. The monoisotopic (exact) mass is 329 g/mol. The van der Waals surface area contributed by atoms with E-state index in [-0.39, 0.29) is 5.91 Å². The van der Waals surface area contributed by atoms with Crippen LogP contribution in [0.25, 0.3) is 4.83 Å². The van der Waals surface area contributed by atoms with Gasteiger partial charge >= 0.3 is 0 Å². The van der Waals surface area contributed by atoms with Gasteiger partial charge in [-0.05, 0) is 25.8 Å². The van der Waals surface area contributed by atoms with Gasteiger partial charge in [0.05, 0.1) is 5.69 Å². The second-order valence-corrected chi connectivity index (χ2v) is 6.92. The van der Waals surface area contributed by atoms with Crippen LogP contribution in [0, 0.1) is 6.92 Å². The molecule has 120 valence electrons. The van der Waals surface area contributed by atoms with Crippen molar-refractivity contribution < 1.29 is 4.79 Å². The van der Waals surface area contributed by atoms with Crippen molar-refractivity contribution in [3.8, 4) is 0 Å². The summed E-state index contributed by atoms with van der Waals surface area (Å²) >= 11 is 1.74. The molecule has 0 aromatic carbocycles. The van der Waals surface area contributed by atoms with Crippen LogP contribution < -0.4 is 0 Å². The number of fused-ring (bicyclic) bond motifs is 1. The van der Waals surface area contributed by atoms with Crippen LogP contribution in [0.2, 0.25) is 0 Å². The Bertz CT molecular complexity index is 853. The highest BCUT2D eigenvalue weighted by atomic mass is 32.1. The van der Waals surface area contributed by atoms with E-state index in [1.54, 1.807) is 35.3 Å². The van der Waals surface area contributed by atoms with Gasteiger partial charge in [0, 0.05) is 43.8 Å². The second kappa shape index (κ2) is 5.49. The van der Waals surface area contributed by atoms with Gasteiger partial charge in [-0.15, -0.1) is 11.3 Å². The number of carbonyl (C=O) groups excluding carboxylic acids is 1. The van der Waals surface area contributed by atoms with E-state index in [9.17, 15) is 4.79 Å². The predicted molar refractivity (Wildman–Crippen MR) is 88.9 cm³/mol. The number of hydrogen-bond acceptors (Lipinski definition) is 4. The van der Waals surface area contributed by atoms with E-state index in [1.165, 1.54) is 10.5 Å². The Morgan fingerprint density at radius 3 is 2.83 bits per heavy atom. The van der Waals surface area contributed by atoms with Gasteiger partial charge in [0.15, 0.2) is 0 Å². The van der Waals surface area contributed by atoms with Crippen molar-refractivity contribution in [2.45, 2.75) is 25.7 Å². The Kier molecular flexibility index (Phi) is 3.45. The average molecular weight is 329 g/mol. The highest BCUT2D eigenvalue weighted by Crippen LogP contribution is 2.33.